The number of sulfonamides is 1. The molecule has 1 aromatic rings. The molecule has 1 aromatic heterocycles. The van der Waals surface area contributed by atoms with Crippen LogP contribution in [0.3, 0.4) is 0 Å². The molecule has 0 spiro atoms. The quantitative estimate of drug-likeness (QED) is 0.903. The lowest BCUT2D eigenvalue weighted by Gasteiger charge is -2.32. The molecule has 18 heavy (non-hydrogen) atoms. The van der Waals surface area contributed by atoms with Crippen LogP contribution in [0.5, 0.6) is 0 Å². The summed E-state index contributed by atoms with van der Waals surface area (Å²) in [5.74, 6) is 0. The molecule has 0 aromatic carbocycles. The third-order valence-corrected chi connectivity index (χ3v) is 6.86. The lowest BCUT2D eigenvalue weighted by Crippen LogP contribution is -2.51. The highest BCUT2D eigenvalue weighted by molar-refractivity contribution is 7.91. The first-order valence-electron chi connectivity index (χ1n) is 5.41. The van der Waals surface area contributed by atoms with E-state index in [1.807, 2.05) is 13.8 Å². The molecule has 1 fully saturated rings. The van der Waals surface area contributed by atoms with Crippen molar-refractivity contribution in [3.8, 4) is 0 Å². The topological polar surface area (TPSA) is 49.4 Å². The Balaban J connectivity index is 0.00000162. The van der Waals surface area contributed by atoms with Gasteiger partial charge in [-0.3, -0.25) is 0 Å². The fourth-order valence-electron chi connectivity index (χ4n) is 1.85. The minimum atomic E-state index is -3.39. The highest BCUT2D eigenvalue weighted by Gasteiger charge is 2.32. The van der Waals surface area contributed by atoms with Gasteiger partial charge in [-0.1, -0.05) is 11.6 Å². The molecule has 0 aliphatic carbocycles. The van der Waals surface area contributed by atoms with E-state index in [4.69, 9.17) is 11.6 Å². The van der Waals surface area contributed by atoms with Crippen LogP contribution in [0.4, 0.5) is 0 Å². The Morgan fingerprint density at radius 2 is 2.22 bits per heavy atom. The van der Waals surface area contributed by atoms with Crippen molar-refractivity contribution in [2.45, 2.75) is 24.1 Å². The first-order chi connectivity index (χ1) is 7.93. The molecule has 1 N–H and O–H groups in total. The number of piperazine rings is 1. The average molecular weight is 331 g/mol. The summed E-state index contributed by atoms with van der Waals surface area (Å²) >= 11 is 7.07. The second-order valence-electron chi connectivity index (χ2n) is 4.19. The molecule has 0 unspecified atom stereocenters. The number of nitrogens with zero attached hydrogens (tertiary/aromatic N) is 1. The van der Waals surface area contributed by atoms with Gasteiger partial charge in [0.25, 0.3) is 10.0 Å². The predicted molar refractivity (Wildman–Crippen MR) is 77.5 cm³/mol. The van der Waals surface area contributed by atoms with Crippen LogP contribution < -0.4 is 5.32 Å². The number of rotatable bonds is 2. The van der Waals surface area contributed by atoms with Gasteiger partial charge in [-0.15, -0.1) is 23.7 Å². The largest absolute Gasteiger partial charge is 0.314 e. The Hall–Kier alpha value is 0.150. The smallest absolute Gasteiger partial charge is 0.252 e. The maximum absolute atomic E-state index is 12.4. The number of aryl methyl sites for hydroxylation is 1. The van der Waals surface area contributed by atoms with Crippen LogP contribution in [-0.4, -0.2) is 38.4 Å². The molecule has 1 aliphatic heterocycles. The van der Waals surface area contributed by atoms with E-state index >= 15 is 0 Å². The molecular weight excluding hydrogens is 315 g/mol. The van der Waals surface area contributed by atoms with Gasteiger partial charge in [-0.05, 0) is 25.5 Å². The summed E-state index contributed by atoms with van der Waals surface area (Å²) in [6, 6.07) is 1.63. The third-order valence-electron chi connectivity index (χ3n) is 2.84. The van der Waals surface area contributed by atoms with Gasteiger partial charge in [0, 0.05) is 25.7 Å². The Bertz CT molecular complexity index is 496. The van der Waals surface area contributed by atoms with E-state index < -0.39 is 10.0 Å². The molecule has 104 valence electrons. The zero-order valence-corrected chi connectivity index (χ0v) is 13.3. The lowest BCUT2D eigenvalue weighted by atomic mass is 10.3. The zero-order chi connectivity index (χ0) is 12.6. The second-order valence-corrected chi connectivity index (χ2v) is 7.96. The van der Waals surface area contributed by atoms with Crippen molar-refractivity contribution in [3.63, 3.8) is 0 Å². The van der Waals surface area contributed by atoms with Crippen LogP contribution in [0, 0.1) is 6.92 Å². The molecule has 1 saturated heterocycles. The minimum absolute atomic E-state index is 0. The highest BCUT2D eigenvalue weighted by Crippen LogP contribution is 2.32. The van der Waals surface area contributed by atoms with Gasteiger partial charge in [0.05, 0.1) is 4.34 Å². The van der Waals surface area contributed by atoms with Crippen LogP contribution in [0.25, 0.3) is 0 Å². The highest BCUT2D eigenvalue weighted by atomic mass is 35.5. The Labute approximate surface area is 123 Å². The maximum Gasteiger partial charge on any atom is 0.252 e. The van der Waals surface area contributed by atoms with Crippen molar-refractivity contribution in [1.82, 2.24) is 9.62 Å². The molecule has 1 aliphatic rings. The van der Waals surface area contributed by atoms with Gasteiger partial charge in [0.2, 0.25) is 0 Å². The average Bonchev–Trinajstić information content (AvgIpc) is 2.60. The number of nitrogens with one attached hydrogen (secondary N) is 1. The van der Waals surface area contributed by atoms with Gasteiger partial charge in [-0.25, -0.2) is 8.42 Å². The molecule has 8 heteroatoms. The summed E-state index contributed by atoms with van der Waals surface area (Å²) < 4.78 is 27.3. The van der Waals surface area contributed by atoms with E-state index in [0.29, 0.717) is 28.2 Å². The van der Waals surface area contributed by atoms with Crippen LogP contribution in [0.1, 0.15) is 12.5 Å². The Kier molecular flexibility index (Phi) is 5.46. The summed E-state index contributed by atoms with van der Waals surface area (Å²) in [5, 5.41) is 3.18. The summed E-state index contributed by atoms with van der Waals surface area (Å²) in [7, 11) is -3.39. The van der Waals surface area contributed by atoms with Crippen molar-refractivity contribution in [3.05, 3.63) is 16.0 Å². The monoisotopic (exact) mass is 330 g/mol. The first-order valence-corrected chi connectivity index (χ1v) is 8.05. The normalized spacial score (nSPS) is 21.6. The van der Waals surface area contributed by atoms with Crippen molar-refractivity contribution in [2.24, 2.45) is 0 Å². The van der Waals surface area contributed by atoms with E-state index in [1.165, 1.54) is 0 Å². The number of hydrogen-bond acceptors (Lipinski definition) is 4. The summed E-state index contributed by atoms with van der Waals surface area (Å²) in [5.41, 5.74) is 0.818. The summed E-state index contributed by atoms with van der Waals surface area (Å²) in [4.78, 5) is 0. The Morgan fingerprint density at radius 1 is 1.56 bits per heavy atom. The van der Waals surface area contributed by atoms with E-state index in [0.717, 1.165) is 16.9 Å². The third kappa shape index (κ3) is 3.00. The van der Waals surface area contributed by atoms with Gasteiger partial charge in [0.15, 0.2) is 0 Å². The molecule has 0 amide bonds. The van der Waals surface area contributed by atoms with Crippen LogP contribution in [-0.2, 0) is 10.0 Å². The number of thiophene rings is 1. The SMILES string of the molecule is Cc1cc(S(=O)(=O)N2CCNC[C@H]2C)sc1Cl.Cl. The second kappa shape index (κ2) is 6.07. The van der Waals surface area contributed by atoms with Crippen LogP contribution in [0.2, 0.25) is 4.34 Å². The fourth-order valence-corrected chi connectivity index (χ4v) is 5.32. The van der Waals surface area contributed by atoms with E-state index in [9.17, 15) is 8.42 Å². The number of hydrogen-bond donors (Lipinski definition) is 1. The van der Waals surface area contributed by atoms with Crippen molar-refractivity contribution < 1.29 is 8.42 Å². The minimum Gasteiger partial charge on any atom is -0.314 e. The summed E-state index contributed by atoms with van der Waals surface area (Å²) in [6.07, 6.45) is 0. The van der Waals surface area contributed by atoms with Gasteiger partial charge < -0.3 is 5.32 Å². The van der Waals surface area contributed by atoms with Gasteiger partial charge in [0.1, 0.15) is 4.21 Å². The molecule has 2 rings (SSSR count). The number of halogens is 2. The summed E-state index contributed by atoms with van der Waals surface area (Å²) in [6.45, 7) is 5.63. The van der Waals surface area contributed by atoms with Crippen molar-refractivity contribution in [2.75, 3.05) is 19.6 Å². The molecule has 0 saturated carbocycles. The first kappa shape index (κ1) is 16.2. The van der Waals surface area contributed by atoms with E-state index in [2.05, 4.69) is 5.32 Å². The standard InChI is InChI=1S/C10H15ClN2O2S2.ClH/c1-7-5-9(16-10(7)11)17(14,15)13-4-3-12-6-8(13)2;/h5,8,12H,3-4,6H2,1-2H3;1H/t8-;/m1./s1. The molecule has 2 heterocycles. The maximum atomic E-state index is 12.4. The van der Waals surface area contributed by atoms with E-state index in [1.54, 1.807) is 10.4 Å². The Morgan fingerprint density at radius 3 is 2.72 bits per heavy atom. The molecule has 0 bridgehead atoms. The molecule has 1 atom stereocenters. The van der Waals surface area contributed by atoms with Crippen molar-refractivity contribution >= 4 is 45.4 Å². The predicted octanol–water partition coefficient (Wildman–Crippen LogP) is 2.11. The molecule has 4 nitrogen and oxygen atoms in total. The lowest BCUT2D eigenvalue weighted by molar-refractivity contribution is 0.284. The fraction of sp³-hybridized carbons (Fsp3) is 0.600. The van der Waals surface area contributed by atoms with Crippen molar-refractivity contribution in [1.29, 1.82) is 0 Å². The molecular formula is C10H16Cl2N2O2S2. The van der Waals surface area contributed by atoms with Gasteiger partial charge >= 0.3 is 0 Å². The van der Waals surface area contributed by atoms with E-state index in [-0.39, 0.29) is 18.4 Å². The molecule has 0 radical (unpaired) electrons. The van der Waals surface area contributed by atoms with Gasteiger partial charge in [-0.2, -0.15) is 4.31 Å². The van der Waals surface area contributed by atoms with Crippen LogP contribution >= 0.6 is 35.3 Å². The van der Waals surface area contributed by atoms with Crippen LogP contribution in [0.15, 0.2) is 10.3 Å². The zero-order valence-electron chi connectivity index (χ0n) is 10.1.